The topological polar surface area (TPSA) is 44.7 Å². The molecular formula is C17H18ClN3O. The fraction of sp³-hybridized carbons (Fsp3) is 0.176. The summed E-state index contributed by atoms with van der Waals surface area (Å²) in [6.07, 6.45) is 1.60. The van der Waals surface area contributed by atoms with E-state index < -0.39 is 0 Å². The zero-order chi connectivity index (χ0) is 16.1. The van der Waals surface area contributed by atoms with E-state index >= 15 is 0 Å². The van der Waals surface area contributed by atoms with Crippen molar-refractivity contribution in [2.75, 3.05) is 19.0 Å². The van der Waals surface area contributed by atoms with Crippen molar-refractivity contribution >= 4 is 29.4 Å². The highest BCUT2D eigenvalue weighted by Gasteiger charge is 2.08. The zero-order valence-electron chi connectivity index (χ0n) is 12.8. The number of hydrogen-bond donors (Lipinski definition) is 1. The quantitative estimate of drug-likeness (QED) is 0.693. The number of amides is 1. The van der Waals surface area contributed by atoms with E-state index in [-0.39, 0.29) is 5.91 Å². The van der Waals surface area contributed by atoms with Gasteiger partial charge < -0.3 is 4.90 Å². The Bertz CT molecular complexity index is 694. The van der Waals surface area contributed by atoms with Crippen LogP contribution in [0.25, 0.3) is 0 Å². The lowest BCUT2D eigenvalue weighted by atomic mass is 10.1. The average Bonchev–Trinajstić information content (AvgIpc) is 2.47. The van der Waals surface area contributed by atoms with Gasteiger partial charge in [0.15, 0.2) is 0 Å². The van der Waals surface area contributed by atoms with Crippen molar-refractivity contribution in [1.29, 1.82) is 0 Å². The van der Waals surface area contributed by atoms with E-state index in [4.69, 9.17) is 11.6 Å². The Morgan fingerprint density at radius 2 is 1.86 bits per heavy atom. The number of halogens is 1. The molecule has 0 aliphatic heterocycles. The molecule has 114 valence electrons. The van der Waals surface area contributed by atoms with Crippen molar-refractivity contribution in [2.45, 2.75) is 6.92 Å². The molecule has 0 aliphatic rings. The van der Waals surface area contributed by atoms with E-state index in [0.29, 0.717) is 10.6 Å². The number of anilines is 1. The molecule has 4 nitrogen and oxygen atoms in total. The minimum absolute atomic E-state index is 0.328. The second-order valence-corrected chi connectivity index (χ2v) is 5.58. The number of carbonyl (C=O) groups is 1. The van der Waals surface area contributed by atoms with Gasteiger partial charge in [0, 0.05) is 19.8 Å². The van der Waals surface area contributed by atoms with Gasteiger partial charge in [-0.3, -0.25) is 4.79 Å². The smallest absolute Gasteiger partial charge is 0.272 e. The standard InChI is InChI=1S/C17H18ClN3O/c1-12-4-9-15(16(18)10-12)17(22)20-19-11-13-5-7-14(8-6-13)21(2)3/h4-11H,1-3H3,(H,20,22). The fourth-order valence-electron chi connectivity index (χ4n) is 1.89. The summed E-state index contributed by atoms with van der Waals surface area (Å²) in [5.74, 6) is -0.328. The molecule has 0 aromatic heterocycles. The van der Waals surface area contributed by atoms with Crippen LogP contribution >= 0.6 is 11.6 Å². The summed E-state index contributed by atoms with van der Waals surface area (Å²) >= 11 is 6.05. The molecule has 1 amide bonds. The van der Waals surface area contributed by atoms with Crippen LogP contribution in [0, 0.1) is 6.92 Å². The first-order valence-corrected chi connectivity index (χ1v) is 7.22. The maximum atomic E-state index is 12.0. The molecule has 0 fully saturated rings. The number of benzene rings is 2. The molecule has 0 bridgehead atoms. The highest BCUT2D eigenvalue weighted by Crippen LogP contribution is 2.17. The van der Waals surface area contributed by atoms with Gasteiger partial charge in [-0.15, -0.1) is 0 Å². The summed E-state index contributed by atoms with van der Waals surface area (Å²) in [7, 11) is 3.96. The van der Waals surface area contributed by atoms with Crippen molar-refractivity contribution in [3.63, 3.8) is 0 Å². The molecule has 0 saturated carbocycles. The SMILES string of the molecule is Cc1ccc(C(=O)NN=Cc2ccc(N(C)C)cc2)c(Cl)c1. The molecule has 2 aromatic carbocycles. The second-order valence-electron chi connectivity index (χ2n) is 5.17. The molecule has 2 aromatic rings. The van der Waals surface area contributed by atoms with Gasteiger partial charge in [0.1, 0.15) is 0 Å². The third-order valence-electron chi connectivity index (χ3n) is 3.16. The Hall–Kier alpha value is -2.33. The number of hydrazone groups is 1. The molecule has 0 atom stereocenters. The van der Waals surface area contributed by atoms with E-state index in [1.807, 2.05) is 56.3 Å². The Labute approximate surface area is 135 Å². The lowest BCUT2D eigenvalue weighted by molar-refractivity contribution is 0.0955. The van der Waals surface area contributed by atoms with Gasteiger partial charge in [-0.2, -0.15) is 5.10 Å². The maximum absolute atomic E-state index is 12.0. The van der Waals surface area contributed by atoms with Crippen molar-refractivity contribution in [3.05, 3.63) is 64.2 Å². The van der Waals surface area contributed by atoms with Crippen LogP contribution in [0.4, 0.5) is 5.69 Å². The molecule has 0 heterocycles. The summed E-state index contributed by atoms with van der Waals surface area (Å²) in [5.41, 5.74) is 5.90. The maximum Gasteiger partial charge on any atom is 0.272 e. The molecule has 22 heavy (non-hydrogen) atoms. The van der Waals surface area contributed by atoms with Crippen LogP contribution in [0.15, 0.2) is 47.6 Å². The second kappa shape index (κ2) is 7.09. The third kappa shape index (κ3) is 4.09. The van der Waals surface area contributed by atoms with E-state index in [1.165, 1.54) is 0 Å². The number of nitrogens with one attached hydrogen (secondary N) is 1. The molecule has 0 aliphatic carbocycles. The Balaban J connectivity index is 2.01. The Morgan fingerprint density at radius 3 is 2.45 bits per heavy atom. The Kier molecular flexibility index (Phi) is 5.17. The average molecular weight is 316 g/mol. The number of aryl methyl sites for hydroxylation is 1. The third-order valence-corrected chi connectivity index (χ3v) is 3.47. The van der Waals surface area contributed by atoms with Crippen molar-refractivity contribution < 1.29 is 4.79 Å². The van der Waals surface area contributed by atoms with E-state index in [2.05, 4.69) is 10.5 Å². The van der Waals surface area contributed by atoms with Gasteiger partial charge in [0.2, 0.25) is 0 Å². The highest BCUT2D eigenvalue weighted by atomic mass is 35.5. The molecule has 0 spiro atoms. The first-order chi connectivity index (χ1) is 10.5. The molecule has 0 unspecified atom stereocenters. The van der Waals surface area contributed by atoms with Gasteiger partial charge in [-0.1, -0.05) is 29.8 Å². The minimum atomic E-state index is -0.328. The summed E-state index contributed by atoms with van der Waals surface area (Å²) in [4.78, 5) is 14.0. The summed E-state index contributed by atoms with van der Waals surface area (Å²) < 4.78 is 0. The number of rotatable bonds is 4. The van der Waals surface area contributed by atoms with Crippen molar-refractivity contribution in [1.82, 2.24) is 5.43 Å². The summed E-state index contributed by atoms with van der Waals surface area (Å²) in [5, 5.41) is 4.38. The van der Waals surface area contributed by atoms with Crippen LogP contribution < -0.4 is 10.3 Å². The number of hydrogen-bond acceptors (Lipinski definition) is 3. The number of carbonyl (C=O) groups excluding carboxylic acids is 1. The first kappa shape index (κ1) is 16.0. The van der Waals surface area contributed by atoms with Crippen LogP contribution in [-0.4, -0.2) is 26.2 Å². The van der Waals surface area contributed by atoms with Crippen LogP contribution in [0.3, 0.4) is 0 Å². The zero-order valence-corrected chi connectivity index (χ0v) is 13.6. The predicted octanol–water partition coefficient (Wildman–Crippen LogP) is 3.48. The Morgan fingerprint density at radius 1 is 1.18 bits per heavy atom. The van der Waals surface area contributed by atoms with Crippen molar-refractivity contribution in [3.8, 4) is 0 Å². The van der Waals surface area contributed by atoms with E-state index in [9.17, 15) is 4.79 Å². The highest BCUT2D eigenvalue weighted by molar-refractivity contribution is 6.33. The van der Waals surface area contributed by atoms with Crippen LogP contribution in [0.1, 0.15) is 21.5 Å². The van der Waals surface area contributed by atoms with E-state index in [0.717, 1.165) is 16.8 Å². The largest absolute Gasteiger partial charge is 0.378 e. The summed E-state index contributed by atoms with van der Waals surface area (Å²) in [6, 6.07) is 13.1. The molecule has 1 N–H and O–H groups in total. The molecule has 2 rings (SSSR count). The van der Waals surface area contributed by atoms with Gasteiger partial charge in [0.05, 0.1) is 16.8 Å². The van der Waals surface area contributed by atoms with Gasteiger partial charge >= 0.3 is 0 Å². The predicted molar refractivity (Wildman–Crippen MR) is 92.0 cm³/mol. The molecule has 0 radical (unpaired) electrons. The molecular weight excluding hydrogens is 298 g/mol. The summed E-state index contributed by atoms with van der Waals surface area (Å²) in [6.45, 7) is 1.92. The van der Waals surface area contributed by atoms with E-state index in [1.54, 1.807) is 18.3 Å². The van der Waals surface area contributed by atoms with Crippen LogP contribution in [0.2, 0.25) is 5.02 Å². The van der Waals surface area contributed by atoms with Crippen molar-refractivity contribution in [2.24, 2.45) is 5.10 Å². The normalized spacial score (nSPS) is 10.7. The molecule has 0 saturated heterocycles. The van der Waals surface area contributed by atoms with Crippen LogP contribution in [0.5, 0.6) is 0 Å². The van der Waals surface area contributed by atoms with Crippen LogP contribution in [-0.2, 0) is 0 Å². The van der Waals surface area contributed by atoms with Gasteiger partial charge in [0.25, 0.3) is 5.91 Å². The van der Waals surface area contributed by atoms with Gasteiger partial charge in [-0.05, 0) is 42.3 Å². The first-order valence-electron chi connectivity index (χ1n) is 6.84. The monoisotopic (exact) mass is 315 g/mol. The fourth-order valence-corrected chi connectivity index (χ4v) is 2.21. The van der Waals surface area contributed by atoms with Gasteiger partial charge in [-0.25, -0.2) is 5.43 Å². The molecule has 5 heteroatoms. The minimum Gasteiger partial charge on any atom is -0.378 e. The lowest BCUT2D eigenvalue weighted by Crippen LogP contribution is -2.18. The number of nitrogens with zero attached hydrogens (tertiary/aromatic N) is 2. The lowest BCUT2D eigenvalue weighted by Gasteiger charge is -2.11.